The Kier molecular flexibility index (Phi) is 6.60. The molecule has 1 aliphatic carbocycles. The fourth-order valence-electron chi connectivity index (χ4n) is 3.28. The molecule has 0 aliphatic heterocycles. The van der Waals surface area contributed by atoms with Gasteiger partial charge in [-0.25, -0.2) is 4.39 Å². The summed E-state index contributed by atoms with van der Waals surface area (Å²) in [6, 6.07) is 7.56. The first-order chi connectivity index (χ1) is 11.6. The van der Waals surface area contributed by atoms with Crippen LogP contribution in [0.1, 0.15) is 39.2 Å². The fraction of sp³-hybridized carbons (Fsp3) is 0.632. The topological polar surface area (TPSA) is 39.7 Å². The van der Waals surface area contributed by atoms with Gasteiger partial charge in [0.15, 0.2) is 5.96 Å². The van der Waals surface area contributed by atoms with Gasteiger partial charge in [-0.05, 0) is 44.5 Å². The summed E-state index contributed by atoms with van der Waals surface area (Å²) in [5, 5.41) is 6.77. The maximum atomic E-state index is 14.1. The smallest absolute Gasteiger partial charge is 0.191 e. The summed E-state index contributed by atoms with van der Waals surface area (Å²) < 4.78 is 14.1. The van der Waals surface area contributed by atoms with Crippen molar-refractivity contribution in [2.75, 3.05) is 33.2 Å². The highest BCUT2D eigenvalue weighted by atomic mass is 19.1. The Labute approximate surface area is 145 Å². The molecule has 0 saturated heterocycles. The van der Waals surface area contributed by atoms with Crippen LogP contribution in [0.25, 0.3) is 0 Å². The Balaban J connectivity index is 1.87. The van der Waals surface area contributed by atoms with E-state index in [0.29, 0.717) is 12.6 Å². The molecule has 134 valence electrons. The van der Waals surface area contributed by atoms with Gasteiger partial charge in [0.2, 0.25) is 0 Å². The highest BCUT2D eigenvalue weighted by molar-refractivity contribution is 5.79. The summed E-state index contributed by atoms with van der Waals surface area (Å²) >= 11 is 0. The van der Waals surface area contributed by atoms with Crippen LogP contribution >= 0.6 is 0 Å². The number of likely N-dealkylation sites (N-methyl/N-ethyl adjacent to an activating group) is 1. The van der Waals surface area contributed by atoms with Gasteiger partial charge in [0, 0.05) is 31.6 Å². The van der Waals surface area contributed by atoms with E-state index in [1.54, 1.807) is 19.2 Å². The van der Waals surface area contributed by atoms with Crippen LogP contribution in [0, 0.1) is 5.82 Å². The van der Waals surface area contributed by atoms with Crippen LogP contribution in [0.15, 0.2) is 29.3 Å². The molecule has 2 rings (SSSR count). The summed E-state index contributed by atoms with van der Waals surface area (Å²) in [6.07, 6.45) is 2.04. The second-order valence-corrected chi connectivity index (χ2v) is 6.64. The van der Waals surface area contributed by atoms with Crippen LogP contribution < -0.4 is 10.6 Å². The van der Waals surface area contributed by atoms with Gasteiger partial charge >= 0.3 is 0 Å². The minimum atomic E-state index is -0.102. The molecule has 4 nitrogen and oxygen atoms in total. The van der Waals surface area contributed by atoms with Gasteiger partial charge in [-0.3, -0.25) is 9.89 Å². The minimum absolute atomic E-state index is 0.0759. The molecule has 0 spiro atoms. The highest BCUT2D eigenvalue weighted by Gasteiger charge is 2.45. The van der Waals surface area contributed by atoms with Gasteiger partial charge in [-0.2, -0.15) is 0 Å². The Hall–Kier alpha value is -1.62. The SMILES string of the molecule is CCN(CC)C(C)CNC(=NC)NCC1(c2ccccc2F)CC1. The third-order valence-electron chi connectivity index (χ3n) is 5.12. The molecule has 0 amide bonds. The van der Waals surface area contributed by atoms with Gasteiger partial charge in [0.1, 0.15) is 5.82 Å². The maximum absolute atomic E-state index is 14.1. The van der Waals surface area contributed by atoms with Crippen molar-refractivity contribution in [2.24, 2.45) is 4.99 Å². The molecule has 24 heavy (non-hydrogen) atoms. The third-order valence-corrected chi connectivity index (χ3v) is 5.12. The number of nitrogens with one attached hydrogen (secondary N) is 2. The van der Waals surface area contributed by atoms with E-state index in [-0.39, 0.29) is 11.2 Å². The molecule has 0 bridgehead atoms. The van der Waals surface area contributed by atoms with Crippen molar-refractivity contribution in [2.45, 2.75) is 45.1 Å². The van der Waals surface area contributed by atoms with Gasteiger partial charge in [0.05, 0.1) is 0 Å². The van der Waals surface area contributed by atoms with Gasteiger partial charge < -0.3 is 10.6 Å². The molecule has 1 aromatic carbocycles. The van der Waals surface area contributed by atoms with E-state index in [1.807, 2.05) is 12.1 Å². The Morgan fingerprint density at radius 1 is 1.25 bits per heavy atom. The number of aliphatic imine (C=N–C) groups is 1. The van der Waals surface area contributed by atoms with Crippen LogP contribution in [0.2, 0.25) is 0 Å². The van der Waals surface area contributed by atoms with Crippen molar-refractivity contribution in [3.63, 3.8) is 0 Å². The summed E-state index contributed by atoms with van der Waals surface area (Å²) in [4.78, 5) is 6.70. The largest absolute Gasteiger partial charge is 0.356 e. The lowest BCUT2D eigenvalue weighted by molar-refractivity contribution is 0.231. The maximum Gasteiger partial charge on any atom is 0.191 e. The fourth-order valence-corrected chi connectivity index (χ4v) is 3.28. The zero-order chi connectivity index (χ0) is 17.6. The van der Waals surface area contributed by atoms with E-state index in [9.17, 15) is 4.39 Å². The second kappa shape index (κ2) is 8.47. The Morgan fingerprint density at radius 3 is 2.46 bits per heavy atom. The van der Waals surface area contributed by atoms with Crippen molar-refractivity contribution in [1.29, 1.82) is 0 Å². The third kappa shape index (κ3) is 4.47. The molecule has 5 heteroatoms. The molecule has 1 fully saturated rings. The van der Waals surface area contributed by atoms with Crippen molar-refractivity contribution < 1.29 is 4.39 Å². The van der Waals surface area contributed by atoms with E-state index in [2.05, 4.69) is 41.3 Å². The molecule has 2 N–H and O–H groups in total. The molecular weight excluding hydrogens is 303 g/mol. The molecular formula is C19H31FN4. The predicted octanol–water partition coefficient (Wildman–Crippen LogP) is 2.75. The zero-order valence-corrected chi connectivity index (χ0v) is 15.4. The minimum Gasteiger partial charge on any atom is -0.356 e. The number of rotatable bonds is 8. The van der Waals surface area contributed by atoms with Gasteiger partial charge in [-0.1, -0.05) is 32.0 Å². The van der Waals surface area contributed by atoms with Crippen LogP contribution in [-0.2, 0) is 5.41 Å². The summed E-state index contributed by atoms with van der Waals surface area (Å²) in [5.74, 6) is 0.687. The summed E-state index contributed by atoms with van der Waals surface area (Å²) in [6.45, 7) is 10.2. The average Bonchev–Trinajstić information content (AvgIpc) is 3.37. The van der Waals surface area contributed by atoms with E-state index in [4.69, 9.17) is 0 Å². The van der Waals surface area contributed by atoms with Crippen LogP contribution in [0.4, 0.5) is 4.39 Å². The zero-order valence-electron chi connectivity index (χ0n) is 15.4. The average molecular weight is 334 g/mol. The van der Waals surface area contributed by atoms with Crippen molar-refractivity contribution >= 4 is 5.96 Å². The molecule has 0 aromatic heterocycles. The molecule has 1 saturated carbocycles. The molecule has 1 aliphatic rings. The first kappa shape index (κ1) is 18.7. The standard InChI is InChI=1S/C19H31FN4/c1-5-24(6-2)15(3)13-22-18(21-4)23-14-19(11-12-19)16-9-7-8-10-17(16)20/h7-10,15H,5-6,11-14H2,1-4H3,(H2,21,22,23). The van der Waals surface area contributed by atoms with E-state index >= 15 is 0 Å². The number of guanidine groups is 1. The summed E-state index contributed by atoms with van der Waals surface area (Å²) in [5.41, 5.74) is 0.748. The number of nitrogens with zero attached hydrogens (tertiary/aromatic N) is 2. The molecule has 0 radical (unpaired) electrons. The van der Waals surface area contributed by atoms with Crippen molar-refractivity contribution in [1.82, 2.24) is 15.5 Å². The molecule has 0 heterocycles. The first-order valence-electron chi connectivity index (χ1n) is 9.00. The lowest BCUT2D eigenvalue weighted by Crippen LogP contribution is -2.47. The number of hydrogen-bond acceptors (Lipinski definition) is 2. The highest BCUT2D eigenvalue weighted by Crippen LogP contribution is 2.48. The molecule has 1 atom stereocenters. The van der Waals surface area contributed by atoms with Crippen molar-refractivity contribution in [3.05, 3.63) is 35.6 Å². The van der Waals surface area contributed by atoms with E-state index in [0.717, 1.165) is 44.0 Å². The lowest BCUT2D eigenvalue weighted by Gasteiger charge is -2.27. The first-order valence-corrected chi connectivity index (χ1v) is 9.00. The predicted molar refractivity (Wildman–Crippen MR) is 99.1 cm³/mol. The number of benzene rings is 1. The number of hydrogen-bond donors (Lipinski definition) is 2. The molecule has 1 aromatic rings. The monoisotopic (exact) mass is 334 g/mol. The van der Waals surface area contributed by atoms with Crippen molar-refractivity contribution in [3.8, 4) is 0 Å². The number of halogens is 1. The van der Waals surface area contributed by atoms with Crippen LogP contribution in [0.5, 0.6) is 0 Å². The van der Waals surface area contributed by atoms with Crippen LogP contribution in [-0.4, -0.2) is 50.1 Å². The van der Waals surface area contributed by atoms with Crippen LogP contribution in [0.3, 0.4) is 0 Å². The van der Waals surface area contributed by atoms with Gasteiger partial charge in [0.25, 0.3) is 0 Å². The quantitative estimate of drug-likeness (QED) is 0.567. The van der Waals surface area contributed by atoms with Gasteiger partial charge in [-0.15, -0.1) is 0 Å². The van der Waals surface area contributed by atoms with E-state index in [1.165, 1.54) is 0 Å². The Morgan fingerprint density at radius 2 is 1.92 bits per heavy atom. The summed E-state index contributed by atoms with van der Waals surface area (Å²) in [7, 11) is 1.78. The van der Waals surface area contributed by atoms with E-state index < -0.39 is 0 Å². The second-order valence-electron chi connectivity index (χ2n) is 6.64. The molecule has 1 unspecified atom stereocenters. The Bertz CT molecular complexity index is 550. The normalized spacial score (nSPS) is 17.7. The lowest BCUT2D eigenvalue weighted by atomic mass is 9.95.